The summed E-state index contributed by atoms with van der Waals surface area (Å²) in [7, 11) is 0. The van der Waals surface area contributed by atoms with Crippen LogP contribution in [0.25, 0.3) is 0 Å². The molecule has 16 heavy (non-hydrogen) atoms. The van der Waals surface area contributed by atoms with E-state index < -0.39 is 37.7 Å². The number of carboxylic acids is 1. The maximum absolute atomic E-state index is 10.8. The minimum atomic E-state index is -2.26. The van der Waals surface area contributed by atoms with Gasteiger partial charge < -0.3 is 24.6 Å². The Morgan fingerprint density at radius 2 is 2.31 bits per heavy atom. The second kappa shape index (κ2) is 5.66. The van der Waals surface area contributed by atoms with Crippen molar-refractivity contribution in [3.63, 3.8) is 0 Å². The predicted octanol–water partition coefficient (Wildman–Crippen LogP) is -0.145. The fraction of sp³-hybridized carbons (Fsp3) is 0.778. The van der Waals surface area contributed by atoms with Gasteiger partial charge in [0.25, 0.3) is 0 Å². The third-order valence-corrected chi connectivity index (χ3v) is 2.12. The van der Waals surface area contributed by atoms with Gasteiger partial charge in [0.2, 0.25) is 0 Å². The highest BCUT2D eigenvalue weighted by Gasteiger charge is 2.34. The van der Waals surface area contributed by atoms with Crippen LogP contribution in [0.1, 0.15) is 11.0 Å². The Kier molecular flexibility index (Phi) is 3.11. The van der Waals surface area contributed by atoms with Crippen LogP contribution in [0.2, 0.25) is 0 Å². The molecule has 0 bridgehead atoms. The van der Waals surface area contributed by atoms with Gasteiger partial charge >= 0.3 is 12.1 Å². The first-order valence-corrected chi connectivity index (χ1v) is 4.63. The van der Waals surface area contributed by atoms with Crippen molar-refractivity contribution in [1.29, 1.82) is 0 Å². The second-order valence-corrected chi connectivity index (χ2v) is 3.29. The molecule has 7 heteroatoms. The number of nitrogens with zero attached hydrogens (tertiary/aromatic N) is 1. The fourth-order valence-corrected chi connectivity index (χ4v) is 1.41. The highest BCUT2D eigenvalue weighted by atomic mass is 16.6. The maximum atomic E-state index is 10.8. The van der Waals surface area contributed by atoms with Gasteiger partial charge in [-0.2, -0.15) is 0 Å². The van der Waals surface area contributed by atoms with E-state index in [9.17, 15) is 9.59 Å². The molecule has 0 aromatic heterocycles. The van der Waals surface area contributed by atoms with Crippen LogP contribution in [0.4, 0.5) is 4.79 Å². The Labute approximate surface area is 96.8 Å². The van der Waals surface area contributed by atoms with Crippen LogP contribution in [-0.4, -0.2) is 65.7 Å². The molecule has 1 heterocycles. The molecule has 2 N–H and O–H groups in total. The minimum Gasteiger partial charge on any atom is -0.479 e. The van der Waals surface area contributed by atoms with E-state index in [4.69, 9.17) is 23.8 Å². The van der Waals surface area contributed by atoms with Crippen LogP contribution >= 0.6 is 0 Å². The molecule has 0 radical (unpaired) electrons. The van der Waals surface area contributed by atoms with Gasteiger partial charge in [-0.25, -0.2) is 9.59 Å². The lowest BCUT2D eigenvalue weighted by atomic mass is 10.2. The number of carboxylic acid groups (broad SMARTS) is 2. The van der Waals surface area contributed by atoms with Crippen molar-refractivity contribution in [3.8, 4) is 0 Å². The summed E-state index contributed by atoms with van der Waals surface area (Å²) in [5, 5.41) is 17.7. The first-order chi connectivity index (χ1) is 8.69. The van der Waals surface area contributed by atoms with Gasteiger partial charge in [0, 0.05) is 10.7 Å². The molecule has 0 spiro atoms. The maximum Gasteiger partial charge on any atom is 0.407 e. The van der Waals surface area contributed by atoms with E-state index in [-0.39, 0.29) is 19.7 Å². The van der Waals surface area contributed by atoms with Crippen molar-refractivity contribution in [1.82, 2.24) is 4.90 Å². The topological polar surface area (TPSA) is 96.3 Å². The number of amides is 1. The van der Waals surface area contributed by atoms with E-state index in [0.29, 0.717) is 0 Å². The Balaban J connectivity index is 2.52. The molecule has 92 valence electrons. The molecule has 2 atom stereocenters. The molecule has 1 aliphatic heterocycles. The van der Waals surface area contributed by atoms with E-state index in [1.165, 1.54) is 0 Å². The number of hydrogen-bond acceptors (Lipinski definition) is 4. The van der Waals surface area contributed by atoms with E-state index in [2.05, 4.69) is 0 Å². The number of hydrogen-bond donors (Lipinski definition) is 2. The molecule has 1 amide bonds. The normalized spacial score (nSPS) is 29.0. The van der Waals surface area contributed by atoms with E-state index >= 15 is 0 Å². The highest BCUT2D eigenvalue weighted by molar-refractivity contribution is 5.74. The van der Waals surface area contributed by atoms with Crippen molar-refractivity contribution in [2.24, 2.45) is 0 Å². The van der Waals surface area contributed by atoms with Gasteiger partial charge in [0.05, 0.1) is 25.8 Å². The summed E-state index contributed by atoms with van der Waals surface area (Å²) in [6.07, 6.45) is -3.32. The smallest absolute Gasteiger partial charge is 0.407 e. The molecule has 1 aliphatic rings. The molecule has 0 saturated carbocycles. The van der Waals surface area contributed by atoms with Gasteiger partial charge in [-0.05, 0) is 6.85 Å². The van der Waals surface area contributed by atoms with Crippen LogP contribution in [0, 0.1) is 0 Å². The monoisotopic (exact) mass is 236 g/mol. The average Bonchev–Trinajstić information content (AvgIpc) is 2.26. The van der Waals surface area contributed by atoms with Crippen LogP contribution in [0.5, 0.6) is 0 Å². The third-order valence-electron chi connectivity index (χ3n) is 2.12. The number of rotatable bonds is 4. The summed E-state index contributed by atoms with van der Waals surface area (Å²) in [4.78, 5) is 22.6. The van der Waals surface area contributed by atoms with Crippen molar-refractivity contribution < 1.29 is 33.4 Å². The quantitative estimate of drug-likeness (QED) is 0.705. The third kappa shape index (κ3) is 3.35. The first kappa shape index (κ1) is 8.77. The summed E-state index contributed by atoms with van der Waals surface area (Å²) in [6, 6.07) is 0. The predicted molar refractivity (Wildman–Crippen MR) is 52.4 cm³/mol. The van der Waals surface area contributed by atoms with Crippen molar-refractivity contribution >= 4 is 12.1 Å². The zero-order valence-electron chi connectivity index (χ0n) is 11.5. The molecule has 0 aromatic carbocycles. The van der Waals surface area contributed by atoms with Crippen LogP contribution < -0.4 is 0 Å². The minimum absolute atomic E-state index is 0.0554. The fourth-order valence-electron chi connectivity index (χ4n) is 1.41. The molecule has 7 nitrogen and oxygen atoms in total. The lowest BCUT2D eigenvalue weighted by Gasteiger charge is -2.34. The lowest BCUT2D eigenvalue weighted by Crippen LogP contribution is -2.53. The van der Waals surface area contributed by atoms with Crippen molar-refractivity contribution in [2.45, 2.75) is 19.1 Å². The molecule has 0 aliphatic carbocycles. The Morgan fingerprint density at radius 1 is 1.56 bits per heavy atom. The van der Waals surface area contributed by atoms with Gasteiger partial charge in [-0.15, -0.1) is 0 Å². The Hall–Kier alpha value is -1.34. The van der Waals surface area contributed by atoms with Gasteiger partial charge in [-0.3, -0.25) is 0 Å². The van der Waals surface area contributed by atoms with Crippen LogP contribution in [0.15, 0.2) is 0 Å². The van der Waals surface area contributed by atoms with Gasteiger partial charge in [0.1, 0.15) is 0 Å². The highest BCUT2D eigenvalue weighted by Crippen LogP contribution is 2.12. The Morgan fingerprint density at radius 3 is 2.88 bits per heavy atom. The molecular formula is C9H15NO6. The van der Waals surface area contributed by atoms with Crippen molar-refractivity contribution in [2.75, 3.05) is 26.3 Å². The molecule has 0 unspecified atom stereocenters. The summed E-state index contributed by atoms with van der Waals surface area (Å²) >= 11 is 0. The number of ether oxygens (including phenoxy) is 2. The molecule has 1 saturated heterocycles. The standard InChI is InChI=1S/C9H15NO6/c1-2-15-5-6-3-10(9(13)14)4-7(16-6)8(11)12/h6-7H,2-5H2,1H3,(H,11,12)(H,13,14)/t6-,7+/m0/s1/i1D3. The first-order valence-electron chi connectivity index (χ1n) is 6.13. The van der Waals surface area contributed by atoms with Gasteiger partial charge in [-0.1, -0.05) is 0 Å². The lowest BCUT2D eigenvalue weighted by molar-refractivity contribution is -0.166. The largest absolute Gasteiger partial charge is 0.479 e. The molecular weight excluding hydrogens is 218 g/mol. The van der Waals surface area contributed by atoms with Crippen LogP contribution in [0.3, 0.4) is 0 Å². The van der Waals surface area contributed by atoms with E-state index in [1.54, 1.807) is 0 Å². The second-order valence-electron chi connectivity index (χ2n) is 3.29. The molecule has 1 fully saturated rings. The summed E-state index contributed by atoms with van der Waals surface area (Å²) in [5.74, 6) is -1.27. The molecule has 1 rings (SSSR count). The molecule has 0 aromatic rings. The van der Waals surface area contributed by atoms with Gasteiger partial charge in [0.15, 0.2) is 6.10 Å². The zero-order chi connectivity index (χ0) is 14.6. The number of carbonyl (C=O) groups is 2. The Bertz CT molecular complexity index is 325. The van der Waals surface area contributed by atoms with E-state index in [0.717, 1.165) is 4.90 Å². The average molecular weight is 236 g/mol. The van der Waals surface area contributed by atoms with E-state index in [1.807, 2.05) is 0 Å². The van der Waals surface area contributed by atoms with Crippen LogP contribution in [-0.2, 0) is 14.3 Å². The zero-order valence-corrected chi connectivity index (χ0v) is 8.46. The number of morpholine rings is 1. The SMILES string of the molecule is [2H]C([2H])([2H])COC[C@@H]1CN(C(=O)O)C[C@H](C(=O)O)O1. The summed E-state index contributed by atoms with van der Waals surface area (Å²) < 4.78 is 30.8. The summed E-state index contributed by atoms with van der Waals surface area (Å²) in [6.45, 7) is -3.25. The van der Waals surface area contributed by atoms with Crippen molar-refractivity contribution in [3.05, 3.63) is 0 Å². The number of aliphatic carboxylic acids is 1. The summed E-state index contributed by atoms with van der Waals surface area (Å²) in [5.41, 5.74) is 0.